The molecular formula is C22H29NO2S. The zero-order chi connectivity index (χ0) is 18.9. The number of benzene rings is 1. The lowest BCUT2D eigenvalue weighted by molar-refractivity contribution is 0.0687. The van der Waals surface area contributed by atoms with E-state index in [2.05, 4.69) is 18.7 Å². The molecule has 0 bridgehead atoms. The van der Waals surface area contributed by atoms with Crippen LogP contribution < -0.4 is 4.74 Å². The molecule has 1 aromatic rings. The Morgan fingerprint density at radius 1 is 1.38 bits per heavy atom. The quantitative estimate of drug-likeness (QED) is 0.478. The molecule has 26 heavy (non-hydrogen) atoms. The van der Waals surface area contributed by atoms with Gasteiger partial charge in [0.15, 0.2) is 0 Å². The minimum atomic E-state index is 0.0707. The molecule has 0 unspecified atom stereocenters. The van der Waals surface area contributed by atoms with Crippen molar-refractivity contribution in [3.63, 3.8) is 0 Å². The normalized spacial score (nSPS) is 16.1. The van der Waals surface area contributed by atoms with E-state index in [4.69, 9.17) is 4.74 Å². The third-order valence-electron chi connectivity index (χ3n) is 4.83. The Labute approximate surface area is 161 Å². The Kier molecular flexibility index (Phi) is 8.05. The van der Waals surface area contributed by atoms with Crippen molar-refractivity contribution in [2.45, 2.75) is 31.1 Å². The topological polar surface area (TPSA) is 29.5 Å². The van der Waals surface area contributed by atoms with Gasteiger partial charge in [0.1, 0.15) is 5.75 Å². The van der Waals surface area contributed by atoms with Crippen LogP contribution in [0, 0.1) is 5.92 Å². The molecule has 4 heteroatoms. The molecule has 1 amide bonds. The van der Waals surface area contributed by atoms with Gasteiger partial charge < -0.3 is 9.64 Å². The van der Waals surface area contributed by atoms with Gasteiger partial charge in [-0.05, 0) is 62.1 Å². The fourth-order valence-electron chi connectivity index (χ4n) is 3.26. The summed E-state index contributed by atoms with van der Waals surface area (Å²) in [5.74, 6) is 1.34. The van der Waals surface area contributed by atoms with Crippen molar-refractivity contribution in [2.75, 3.05) is 26.5 Å². The number of nitrogens with zero attached hydrogens (tertiary/aromatic N) is 1. The monoisotopic (exact) mass is 371 g/mol. The Hall–Kier alpha value is -1.94. The van der Waals surface area contributed by atoms with Crippen LogP contribution in [-0.2, 0) is 0 Å². The molecule has 1 saturated heterocycles. The number of ether oxygens (including phenoxy) is 1. The van der Waals surface area contributed by atoms with E-state index in [1.54, 1.807) is 18.9 Å². The number of allylic oxidation sites excluding steroid dienone is 5. The lowest BCUT2D eigenvalue weighted by Crippen LogP contribution is -2.38. The maximum Gasteiger partial charge on any atom is 0.257 e. The molecule has 0 aromatic heterocycles. The summed E-state index contributed by atoms with van der Waals surface area (Å²) in [5.41, 5.74) is 1.92. The third-order valence-corrected chi connectivity index (χ3v) is 5.56. The fourth-order valence-corrected chi connectivity index (χ4v) is 3.69. The van der Waals surface area contributed by atoms with E-state index >= 15 is 0 Å². The van der Waals surface area contributed by atoms with Gasteiger partial charge in [0.05, 0.1) is 12.7 Å². The van der Waals surface area contributed by atoms with Gasteiger partial charge in [-0.1, -0.05) is 30.9 Å². The molecule has 0 aliphatic carbocycles. The maximum atomic E-state index is 12.9. The number of thioether (sulfide) groups is 1. The van der Waals surface area contributed by atoms with Gasteiger partial charge in [-0.25, -0.2) is 0 Å². The molecule has 3 nitrogen and oxygen atoms in total. The van der Waals surface area contributed by atoms with Crippen LogP contribution in [0.15, 0.2) is 59.6 Å². The Morgan fingerprint density at radius 2 is 2.12 bits per heavy atom. The Balaban J connectivity index is 1.99. The smallest absolute Gasteiger partial charge is 0.257 e. The fraction of sp³-hybridized carbons (Fsp3) is 0.409. The average Bonchev–Trinajstić information content (AvgIpc) is 2.70. The van der Waals surface area contributed by atoms with Crippen LogP contribution in [0.4, 0.5) is 0 Å². The van der Waals surface area contributed by atoms with Crippen molar-refractivity contribution in [2.24, 2.45) is 5.92 Å². The molecule has 1 fully saturated rings. The van der Waals surface area contributed by atoms with E-state index in [0.717, 1.165) is 37.2 Å². The van der Waals surface area contributed by atoms with Gasteiger partial charge in [0.25, 0.3) is 5.91 Å². The number of carbonyl (C=O) groups is 1. The van der Waals surface area contributed by atoms with Crippen LogP contribution in [0.1, 0.15) is 36.5 Å². The molecular weight excluding hydrogens is 342 g/mol. The van der Waals surface area contributed by atoms with Crippen molar-refractivity contribution in [3.8, 4) is 5.75 Å². The van der Waals surface area contributed by atoms with E-state index in [-0.39, 0.29) is 5.91 Å². The number of methoxy groups -OCH3 is 1. The third kappa shape index (κ3) is 5.28. The van der Waals surface area contributed by atoms with Crippen LogP contribution >= 0.6 is 11.8 Å². The first kappa shape index (κ1) is 20.4. The van der Waals surface area contributed by atoms with Gasteiger partial charge in [0.2, 0.25) is 0 Å². The van der Waals surface area contributed by atoms with E-state index in [0.29, 0.717) is 17.2 Å². The lowest BCUT2D eigenvalue weighted by atomic mass is 9.89. The zero-order valence-electron chi connectivity index (χ0n) is 16.0. The first-order valence-electron chi connectivity index (χ1n) is 9.08. The van der Waals surface area contributed by atoms with Crippen LogP contribution in [0.5, 0.6) is 5.75 Å². The van der Waals surface area contributed by atoms with Crippen LogP contribution in [-0.4, -0.2) is 37.3 Å². The van der Waals surface area contributed by atoms with Crippen LogP contribution in [0.25, 0.3) is 0 Å². The summed E-state index contributed by atoms with van der Waals surface area (Å²) < 4.78 is 5.44. The summed E-state index contributed by atoms with van der Waals surface area (Å²) in [5, 5.41) is 0. The molecule has 1 aliphatic heterocycles. The number of piperidine rings is 1. The average molecular weight is 372 g/mol. The molecule has 2 rings (SSSR count). The highest BCUT2D eigenvalue weighted by molar-refractivity contribution is 7.98. The van der Waals surface area contributed by atoms with Gasteiger partial charge in [-0.2, -0.15) is 0 Å². The predicted octanol–water partition coefficient (Wildman–Crippen LogP) is 5.35. The summed E-state index contributed by atoms with van der Waals surface area (Å²) in [4.78, 5) is 16.0. The van der Waals surface area contributed by atoms with E-state index in [1.807, 2.05) is 48.4 Å². The van der Waals surface area contributed by atoms with Gasteiger partial charge in [0, 0.05) is 18.0 Å². The molecule has 1 aromatic carbocycles. The summed E-state index contributed by atoms with van der Waals surface area (Å²) in [6.07, 6.45) is 13.2. The largest absolute Gasteiger partial charge is 0.496 e. The second-order valence-electron chi connectivity index (χ2n) is 6.48. The van der Waals surface area contributed by atoms with Crippen LogP contribution in [0.3, 0.4) is 0 Å². The van der Waals surface area contributed by atoms with E-state index < -0.39 is 0 Å². The van der Waals surface area contributed by atoms with Gasteiger partial charge in [-0.15, -0.1) is 11.8 Å². The highest BCUT2D eigenvalue weighted by atomic mass is 32.2. The molecule has 0 saturated carbocycles. The number of carbonyl (C=O) groups excluding carboxylic acids is 1. The summed E-state index contributed by atoms with van der Waals surface area (Å²) >= 11 is 1.64. The standard InChI is InChI=1S/C22H29NO2S/c1-5-7-8-17(6-2)15-18-11-13-23(14-12-18)22(24)20-10-9-19(26-4)16-21(20)25-3/h5-10,16,18H,2,11-15H2,1,3-4H3/b7-5-,17-8+. The lowest BCUT2D eigenvalue weighted by Gasteiger charge is -2.32. The highest BCUT2D eigenvalue weighted by Crippen LogP contribution is 2.29. The van der Waals surface area contributed by atoms with E-state index in [1.165, 1.54) is 5.57 Å². The maximum absolute atomic E-state index is 12.9. The van der Waals surface area contributed by atoms with Crippen molar-refractivity contribution in [1.82, 2.24) is 4.90 Å². The molecule has 0 radical (unpaired) electrons. The highest BCUT2D eigenvalue weighted by Gasteiger charge is 2.25. The zero-order valence-corrected chi connectivity index (χ0v) is 16.8. The molecule has 1 heterocycles. The van der Waals surface area contributed by atoms with Crippen molar-refractivity contribution in [1.29, 1.82) is 0 Å². The molecule has 140 valence electrons. The molecule has 0 spiro atoms. The first-order chi connectivity index (χ1) is 12.6. The Bertz CT molecular complexity index is 685. The van der Waals surface area contributed by atoms with Crippen molar-refractivity contribution < 1.29 is 9.53 Å². The molecule has 0 N–H and O–H groups in total. The van der Waals surface area contributed by atoms with Crippen LogP contribution in [0.2, 0.25) is 0 Å². The number of rotatable bonds is 7. The number of likely N-dealkylation sites (tertiary alicyclic amines) is 1. The minimum absolute atomic E-state index is 0.0707. The summed E-state index contributed by atoms with van der Waals surface area (Å²) in [7, 11) is 1.62. The minimum Gasteiger partial charge on any atom is -0.496 e. The second-order valence-corrected chi connectivity index (χ2v) is 7.36. The predicted molar refractivity (Wildman–Crippen MR) is 111 cm³/mol. The SMILES string of the molecule is C=C/C(=C\C=C/C)CC1CCN(C(=O)c2ccc(SC)cc2OC)CC1. The summed E-state index contributed by atoms with van der Waals surface area (Å²) in [6, 6.07) is 5.80. The van der Waals surface area contributed by atoms with E-state index in [9.17, 15) is 4.79 Å². The number of hydrogen-bond donors (Lipinski definition) is 0. The van der Waals surface area contributed by atoms with Crippen molar-refractivity contribution >= 4 is 17.7 Å². The van der Waals surface area contributed by atoms with Gasteiger partial charge in [-0.3, -0.25) is 4.79 Å². The number of amides is 1. The number of hydrogen-bond acceptors (Lipinski definition) is 3. The second kappa shape index (κ2) is 10.3. The summed E-state index contributed by atoms with van der Waals surface area (Å²) in [6.45, 7) is 7.52. The van der Waals surface area contributed by atoms with Gasteiger partial charge >= 0.3 is 0 Å². The molecule has 1 aliphatic rings. The first-order valence-corrected chi connectivity index (χ1v) is 10.3. The van der Waals surface area contributed by atoms with Crippen molar-refractivity contribution in [3.05, 3.63) is 60.2 Å². The molecule has 0 atom stereocenters. The Morgan fingerprint density at radius 3 is 2.69 bits per heavy atom.